The average molecular weight is 577 g/mol. The molecule has 2 aromatic rings. The van der Waals surface area contributed by atoms with Crippen LogP contribution in [-0.4, -0.2) is 94.4 Å². The highest BCUT2D eigenvalue weighted by atomic mass is 19.1. The second-order valence-corrected chi connectivity index (χ2v) is 9.75. The molecule has 10 nitrogen and oxygen atoms in total. The van der Waals surface area contributed by atoms with Gasteiger partial charge in [0.15, 0.2) is 0 Å². The van der Waals surface area contributed by atoms with Crippen molar-refractivity contribution in [3.63, 3.8) is 0 Å². The minimum atomic E-state index is -1.06. The van der Waals surface area contributed by atoms with Crippen molar-refractivity contribution in [2.24, 2.45) is 0 Å². The van der Waals surface area contributed by atoms with Gasteiger partial charge in [-0.15, -0.1) is 0 Å². The first-order valence-electron chi connectivity index (χ1n) is 13.6. The molecule has 1 heterocycles. The van der Waals surface area contributed by atoms with E-state index in [0.717, 1.165) is 56.3 Å². The van der Waals surface area contributed by atoms with Crippen LogP contribution < -0.4 is 20.7 Å². The number of amides is 3. The highest BCUT2D eigenvalue weighted by Crippen LogP contribution is 2.14. The summed E-state index contributed by atoms with van der Waals surface area (Å²) in [5, 5.41) is 7.86. The quantitative estimate of drug-likeness (QED) is 0.271. The Bertz CT molecular complexity index is 1120. The fraction of sp³-hybridized carbons (Fsp3) is 0.483. The maximum absolute atomic E-state index is 13.4. The third-order valence-corrected chi connectivity index (χ3v) is 6.46. The summed E-state index contributed by atoms with van der Waals surface area (Å²) in [4.78, 5) is 40.2. The molecule has 0 spiro atoms. The zero-order valence-electron chi connectivity index (χ0n) is 23.4. The molecule has 0 unspecified atom stereocenters. The number of morpholine rings is 1. The lowest BCUT2D eigenvalue weighted by atomic mass is 10.0. The number of benzene rings is 2. The number of nitrogens with one attached hydrogen (secondary N) is 3. The summed E-state index contributed by atoms with van der Waals surface area (Å²) in [5.41, 5.74) is 0.978. The van der Waals surface area contributed by atoms with Crippen LogP contribution in [0.15, 0.2) is 42.5 Å². The first-order valence-corrected chi connectivity index (χ1v) is 13.6. The highest BCUT2D eigenvalue weighted by molar-refractivity contribution is 6.01. The van der Waals surface area contributed by atoms with E-state index in [1.54, 1.807) is 7.11 Å². The number of carbonyl (C=O) groups excluding carboxylic acids is 3. The number of hydrogen-bond acceptors (Lipinski definition) is 8. The Morgan fingerprint density at radius 3 is 2.32 bits per heavy atom. The van der Waals surface area contributed by atoms with Crippen molar-refractivity contribution in [2.45, 2.75) is 31.8 Å². The molecule has 224 valence electrons. The summed E-state index contributed by atoms with van der Waals surface area (Å²) in [6, 6.07) is 8.38. The summed E-state index contributed by atoms with van der Waals surface area (Å²) in [5.74, 6) is -2.78. The fourth-order valence-corrected chi connectivity index (χ4v) is 4.24. The van der Waals surface area contributed by atoms with Gasteiger partial charge in [-0.3, -0.25) is 24.6 Å². The first-order chi connectivity index (χ1) is 19.7. The van der Waals surface area contributed by atoms with E-state index in [2.05, 4.69) is 20.9 Å². The zero-order valence-corrected chi connectivity index (χ0v) is 23.4. The molecular weight excluding hydrogens is 538 g/mol. The Hall–Kier alpha value is -3.45. The molecule has 0 bridgehead atoms. The van der Waals surface area contributed by atoms with Crippen LogP contribution in [0.5, 0.6) is 5.75 Å². The monoisotopic (exact) mass is 576 g/mol. The van der Waals surface area contributed by atoms with Crippen LogP contribution in [-0.2, 0) is 36.7 Å². The molecule has 2 atom stereocenters. The van der Waals surface area contributed by atoms with Crippen molar-refractivity contribution < 1.29 is 37.4 Å². The number of nitrogens with zero attached hydrogens (tertiary/aromatic N) is 1. The van der Waals surface area contributed by atoms with Crippen LogP contribution in [0, 0.1) is 11.6 Å². The van der Waals surface area contributed by atoms with Gasteiger partial charge in [0.05, 0.1) is 32.3 Å². The van der Waals surface area contributed by atoms with Crippen molar-refractivity contribution >= 4 is 17.7 Å². The van der Waals surface area contributed by atoms with E-state index in [9.17, 15) is 23.2 Å². The molecule has 3 rings (SSSR count). The summed E-state index contributed by atoms with van der Waals surface area (Å²) >= 11 is 0. The second kappa shape index (κ2) is 16.7. The standard InChI is InChI=1S/C29H38F2N4O6/c1-20(33-27(36)18-22-15-23(30)19-24(31)16-22)28(37)34-29(38)26(32-7-11-39-2)17-21-3-5-25(6-4-21)41-14-10-35-8-12-40-13-9-35/h3-6,15-16,19-20,26,32H,7-14,17-18H2,1-2H3,(H,33,36)(H,34,37,38)/t20-,26-/m0/s1. The number of imide groups is 1. The first kappa shape index (κ1) is 32.1. The van der Waals surface area contributed by atoms with Crippen LogP contribution in [0.3, 0.4) is 0 Å². The third-order valence-electron chi connectivity index (χ3n) is 6.46. The van der Waals surface area contributed by atoms with E-state index < -0.39 is 41.4 Å². The maximum Gasteiger partial charge on any atom is 0.248 e. The molecule has 41 heavy (non-hydrogen) atoms. The summed E-state index contributed by atoms with van der Waals surface area (Å²) in [7, 11) is 1.54. The minimum Gasteiger partial charge on any atom is -0.492 e. The number of carbonyl (C=O) groups is 3. The molecule has 1 aliphatic rings. The molecule has 0 aromatic heterocycles. The molecule has 0 aliphatic carbocycles. The normalized spacial score (nSPS) is 15.1. The van der Waals surface area contributed by atoms with E-state index in [4.69, 9.17) is 14.2 Å². The number of ether oxygens (including phenoxy) is 3. The molecule has 2 aromatic carbocycles. The van der Waals surface area contributed by atoms with E-state index in [1.807, 2.05) is 24.3 Å². The Labute approximate surface area is 238 Å². The molecule has 12 heteroatoms. The molecule has 1 aliphatic heterocycles. The van der Waals surface area contributed by atoms with Crippen molar-refractivity contribution in [1.82, 2.24) is 20.9 Å². The van der Waals surface area contributed by atoms with E-state index in [-0.39, 0.29) is 12.0 Å². The molecular formula is C29H38F2N4O6. The van der Waals surface area contributed by atoms with Gasteiger partial charge in [0.25, 0.3) is 0 Å². The zero-order chi connectivity index (χ0) is 29.6. The van der Waals surface area contributed by atoms with Crippen molar-refractivity contribution in [1.29, 1.82) is 0 Å². The molecule has 1 saturated heterocycles. The van der Waals surface area contributed by atoms with E-state index >= 15 is 0 Å². The van der Waals surface area contributed by atoms with Gasteiger partial charge in [-0.1, -0.05) is 12.1 Å². The average Bonchev–Trinajstić information content (AvgIpc) is 2.93. The van der Waals surface area contributed by atoms with Crippen molar-refractivity contribution in [3.05, 3.63) is 65.2 Å². The third kappa shape index (κ3) is 11.5. The van der Waals surface area contributed by atoms with E-state index in [0.29, 0.717) is 32.2 Å². The van der Waals surface area contributed by atoms with Crippen LogP contribution in [0.25, 0.3) is 0 Å². The molecule has 1 fully saturated rings. The van der Waals surface area contributed by atoms with Gasteiger partial charge in [-0.05, 0) is 48.7 Å². The Balaban J connectivity index is 1.50. The predicted molar refractivity (Wildman–Crippen MR) is 147 cm³/mol. The van der Waals surface area contributed by atoms with Crippen LogP contribution >= 0.6 is 0 Å². The van der Waals surface area contributed by atoms with Crippen LogP contribution in [0.2, 0.25) is 0 Å². The Morgan fingerprint density at radius 1 is 0.976 bits per heavy atom. The summed E-state index contributed by atoms with van der Waals surface area (Å²) in [6.07, 6.45) is -0.0306. The summed E-state index contributed by atoms with van der Waals surface area (Å²) in [6.45, 7) is 6.78. The largest absolute Gasteiger partial charge is 0.492 e. The molecule has 3 N–H and O–H groups in total. The van der Waals surface area contributed by atoms with Gasteiger partial charge in [-0.25, -0.2) is 8.78 Å². The second-order valence-electron chi connectivity index (χ2n) is 9.75. The number of rotatable bonds is 15. The predicted octanol–water partition coefficient (Wildman–Crippen LogP) is 1.21. The van der Waals surface area contributed by atoms with Gasteiger partial charge >= 0.3 is 0 Å². The number of methoxy groups -OCH3 is 1. The topological polar surface area (TPSA) is 118 Å². The Morgan fingerprint density at radius 2 is 1.66 bits per heavy atom. The number of halogens is 2. The molecule has 3 amide bonds. The summed E-state index contributed by atoms with van der Waals surface area (Å²) < 4.78 is 43.0. The van der Waals surface area contributed by atoms with Gasteiger partial charge < -0.3 is 24.8 Å². The lowest BCUT2D eigenvalue weighted by molar-refractivity contribution is -0.134. The maximum atomic E-state index is 13.4. The lowest BCUT2D eigenvalue weighted by Crippen LogP contribution is -2.53. The SMILES string of the molecule is COCCN[C@@H](Cc1ccc(OCCN2CCOCC2)cc1)C(=O)NC(=O)[C@H](C)NC(=O)Cc1cc(F)cc(F)c1. The van der Waals surface area contributed by atoms with Crippen LogP contribution in [0.1, 0.15) is 18.1 Å². The van der Waals surface area contributed by atoms with Gasteiger partial charge in [0.2, 0.25) is 17.7 Å². The van der Waals surface area contributed by atoms with Crippen LogP contribution in [0.4, 0.5) is 8.78 Å². The minimum absolute atomic E-state index is 0.125. The number of hydrogen-bond donors (Lipinski definition) is 3. The fourth-order valence-electron chi connectivity index (χ4n) is 4.24. The molecule has 0 saturated carbocycles. The van der Waals surface area contributed by atoms with Gasteiger partial charge in [0.1, 0.15) is 30.0 Å². The smallest absolute Gasteiger partial charge is 0.248 e. The van der Waals surface area contributed by atoms with Crippen molar-refractivity contribution in [2.75, 3.05) is 59.7 Å². The van der Waals surface area contributed by atoms with Gasteiger partial charge in [0, 0.05) is 39.4 Å². The highest BCUT2D eigenvalue weighted by Gasteiger charge is 2.24. The lowest BCUT2D eigenvalue weighted by Gasteiger charge is -2.26. The van der Waals surface area contributed by atoms with Gasteiger partial charge in [-0.2, -0.15) is 0 Å². The Kier molecular flexibility index (Phi) is 13.1. The van der Waals surface area contributed by atoms with Crippen molar-refractivity contribution in [3.8, 4) is 5.75 Å². The van der Waals surface area contributed by atoms with E-state index in [1.165, 1.54) is 6.92 Å². The molecule has 0 radical (unpaired) electrons.